The van der Waals surface area contributed by atoms with E-state index >= 15 is 0 Å². The highest BCUT2D eigenvalue weighted by atomic mass is 32.2. The Balaban J connectivity index is 1.57. The highest BCUT2D eigenvalue weighted by Gasteiger charge is 2.11. The maximum absolute atomic E-state index is 12.5. The standard InChI is InChI=1S/C23H25N3O3S/c1-15(2)29-19-11-9-18(10-12-19)25-21(27)14-30-23-24-16(3)20(22(28)26-23)13-17-7-5-4-6-8-17/h4-12,15H,13-14H2,1-3H3,(H,25,27)(H,24,26,28). The number of nitrogens with zero attached hydrogens (tertiary/aromatic N) is 1. The topological polar surface area (TPSA) is 84.1 Å². The first-order valence-electron chi connectivity index (χ1n) is 9.74. The molecule has 0 bridgehead atoms. The monoisotopic (exact) mass is 423 g/mol. The molecule has 2 aromatic carbocycles. The first-order chi connectivity index (χ1) is 14.4. The Morgan fingerprint density at radius 1 is 1.13 bits per heavy atom. The second-order valence-corrected chi connectivity index (χ2v) is 8.09. The number of anilines is 1. The van der Waals surface area contributed by atoms with Gasteiger partial charge in [0.05, 0.1) is 11.9 Å². The van der Waals surface area contributed by atoms with Crippen LogP contribution in [-0.4, -0.2) is 27.7 Å². The highest BCUT2D eigenvalue weighted by Crippen LogP contribution is 2.18. The summed E-state index contributed by atoms with van der Waals surface area (Å²) in [4.78, 5) is 32.0. The van der Waals surface area contributed by atoms with Gasteiger partial charge in [0.1, 0.15) is 5.75 Å². The van der Waals surface area contributed by atoms with Gasteiger partial charge in [0.15, 0.2) is 5.16 Å². The van der Waals surface area contributed by atoms with Crippen LogP contribution in [0.4, 0.5) is 5.69 Å². The van der Waals surface area contributed by atoms with Gasteiger partial charge in [0, 0.05) is 23.4 Å². The number of nitrogens with one attached hydrogen (secondary N) is 2. The van der Waals surface area contributed by atoms with Crippen molar-refractivity contribution in [3.63, 3.8) is 0 Å². The number of ether oxygens (including phenoxy) is 1. The zero-order valence-electron chi connectivity index (χ0n) is 17.3. The van der Waals surface area contributed by atoms with Crippen LogP contribution in [0.3, 0.4) is 0 Å². The fourth-order valence-corrected chi connectivity index (χ4v) is 3.59. The molecular formula is C23H25N3O3S. The molecule has 0 unspecified atom stereocenters. The average molecular weight is 424 g/mol. The van der Waals surface area contributed by atoms with Crippen LogP contribution >= 0.6 is 11.8 Å². The van der Waals surface area contributed by atoms with Gasteiger partial charge < -0.3 is 15.0 Å². The summed E-state index contributed by atoms with van der Waals surface area (Å²) in [5, 5.41) is 3.27. The number of amides is 1. The Labute approximate surface area is 180 Å². The third-order valence-corrected chi connectivity index (χ3v) is 5.15. The second kappa shape index (κ2) is 10.1. The molecule has 0 saturated heterocycles. The molecule has 0 spiro atoms. The molecule has 0 aliphatic rings. The zero-order chi connectivity index (χ0) is 21.5. The summed E-state index contributed by atoms with van der Waals surface area (Å²) in [6.45, 7) is 5.74. The summed E-state index contributed by atoms with van der Waals surface area (Å²) < 4.78 is 5.59. The minimum Gasteiger partial charge on any atom is -0.491 e. The predicted molar refractivity (Wildman–Crippen MR) is 120 cm³/mol. The van der Waals surface area contributed by atoms with Crippen molar-refractivity contribution in [2.75, 3.05) is 11.1 Å². The molecule has 1 aromatic heterocycles. The van der Waals surface area contributed by atoms with Gasteiger partial charge in [-0.3, -0.25) is 9.59 Å². The van der Waals surface area contributed by atoms with E-state index in [1.54, 1.807) is 12.1 Å². The van der Waals surface area contributed by atoms with E-state index in [1.807, 2.05) is 63.2 Å². The first-order valence-corrected chi connectivity index (χ1v) is 10.7. The number of carbonyl (C=O) groups excluding carboxylic acids is 1. The molecule has 30 heavy (non-hydrogen) atoms. The number of carbonyl (C=O) groups is 1. The molecule has 0 fully saturated rings. The maximum Gasteiger partial charge on any atom is 0.255 e. The Morgan fingerprint density at radius 2 is 1.83 bits per heavy atom. The van der Waals surface area contributed by atoms with Crippen molar-refractivity contribution < 1.29 is 9.53 Å². The van der Waals surface area contributed by atoms with Gasteiger partial charge in [-0.1, -0.05) is 42.1 Å². The van der Waals surface area contributed by atoms with Crippen LogP contribution in [0.2, 0.25) is 0 Å². The summed E-state index contributed by atoms with van der Waals surface area (Å²) in [5.41, 5.74) is 2.88. The first kappa shape index (κ1) is 21.6. The van der Waals surface area contributed by atoms with Gasteiger partial charge >= 0.3 is 0 Å². The van der Waals surface area contributed by atoms with E-state index in [1.165, 1.54) is 11.8 Å². The van der Waals surface area contributed by atoms with Crippen molar-refractivity contribution in [2.45, 2.75) is 38.5 Å². The molecule has 0 atom stereocenters. The summed E-state index contributed by atoms with van der Waals surface area (Å²) in [6.07, 6.45) is 0.621. The average Bonchev–Trinajstić information content (AvgIpc) is 2.71. The van der Waals surface area contributed by atoms with Gasteiger partial charge in [-0.2, -0.15) is 0 Å². The lowest BCUT2D eigenvalue weighted by Crippen LogP contribution is -2.19. The van der Waals surface area contributed by atoms with Gasteiger partial charge in [-0.15, -0.1) is 0 Å². The molecule has 0 aliphatic heterocycles. The summed E-state index contributed by atoms with van der Waals surface area (Å²) in [6, 6.07) is 17.0. The fraction of sp³-hybridized carbons (Fsp3) is 0.261. The lowest BCUT2D eigenvalue weighted by molar-refractivity contribution is -0.113. The number of hydrogen-bond donors (Lipinski definition) is 2. The Bertz CT molecular complexity index is 1050. The molecular weight excluding hydrogens is 398 g/mol. The SMILES string of the molecule is Cc1nc(SCC(=O)Nc2ccc(OC(C)C)cc2)[nH]c(=O)c1Cc1ccccc1. The van der Waals surface area contributed by atoms with Crippen LogP contribution in [0.1, 0.15) is 30.7 Å². The lowest BCUT2D eigenvalue weighted by Gasteiger charge is -2.11. The number of H-pyrrole nitrogens is 1. The molecule has 1 amide bonds. The highest BCUT2D eigenvalue weighted by molar-refractivity contribution is 7.99. The third kappa shape index (κ3) is 6.22. The van der Waals surface area contributed by atoms with Crippen molar-refractivity contribution >= 4 is 23.4 Å². The van der Waals surface area contributed by atoms with Crippen molar-refractivity contribution in [3.8, 4) is 5.75 Å². The van der Waals surface area contributed by atoms with Crippen molar-refractivity contribution in [2.24, 2.45) is 0 Å². The summed E-state index contributed by atoms with van der Waals surface area (Å²) in [5.74, 6) is 0.724. The van der Waals surface area contributed by atoms with E-state index < -0.39 is 0 Å². The molecule has 156 valence electrons. The molecule has 7 heteroatoms. The van der Waals surface area contributed by atoms with Gasteiger partial charge in [-0.05, 0) is 50.6 Å². The minimum absolute atomic E-state index is 0.0963. The number of rotatable bonds is 8. The van der Waals surface area contributed by atoms with E-state index in [4.69, 9.17) is 4.74 Å². The van der Waals surface area contributed by atoms with Crippen molar-refractivity contribution in [3.05, 3.63) is 81.8 Å². The molecule has 0 radical (unpaired) electrons. The predicted octanol–water partition coefficient (Wildman–Crippen LogP) is 4.19. The zero-order valence-corrected chi connectivity index (χ0v) is 18.1. The van der Waals surface area contributed by atoms with Crippen LogP contribution in [0.25, 0.3) is 0 Å². The fourth-order valence-electron chi connectivity index (χ4n) is 2.88. The normalized spacial score (nSPS) is 10.8. The van der Waals surface area contributed by atoms with Crippen molar-refractivity contribution in [1.82, 2.24) is 9.97 Å². The van der Waals surface area contributed by atoms with Crippen LogP contribution in [0.15, 0.2) is 64.5 Å². The lowest BCUT2D eigenvalue weighted by atomic mass is 10.1. The van der Waals surface area contributed by atoms with Crippen molar-refractivity contribution in [1.29, 1.82) is 0 Å². The van der Waals surface area contributed by atoms with E-state index in [9.17, 15) is 9.59 Å². The Hall–Kier alpha value is -3.06. The second-order valence-electron chi connectivity index (χ2n) is 7.13. The van der Waals surface area contributed by atoms with Crippen LogP contribution in [0, 0.1) is 6.92 Å². The minimum atomic E-state index is -0.175. The van der Waals surface area contributed by atoms with Gasteiger partial charge in [0.25, 0.3) is 5.56 Å². The van der Waals surface area contributed by atoms with E-state index in [0.717, 1.165) is 11.3 Å². The van der Waals surface area contributed by atoms with Crippen LogP contribution < -0.4 is 15.6 Å². The number of aromatic nitrogens is 2. The van der Waals surface area contributed by atoms with E-state index in [0.29, 0.717) is 28.5 Å². The number of aromatic amines is 1. The Morgan fingerprint density at radius 3 is 2.47 bits per heavy atom. The molecule has 3 rings (SSSR count). The van der Waals surface area contributed by atoms with Crippen LogP contribution in [0.5, 0.6) is 5.75 Å². The summed E-state index contributed by atoms with van der Waals surface area (Å²) >= 11 is 1.20. The smallest absolute Gasteiger partial charge is 0.255 e. The largest absolute Gasteiger partial charge is 0.491 e. The van der Waals surface area contributed by atoms with Gasteiger partial charge in [-0.25, -0.2) is 4.98 Å². The molecule has 2 N–H and O–H groups in total. The number of hydrogen-bond acceptors (Lipinski definition) is 5. The third-order valence-electron chi connectivity index (χ3n) is 4.27. The number of aryl methyl sites for hydroxylation is 1. The Kier molecular flexibility index (Phi) is 7.30. The van der Waals surface area contributed by atoms with Crippen LogP contribution in [-0.2, 0) is 11.2 Å². The quantitative estimate of drug-likeness (QED) is 0.419. The van der Waals surface area contributed by atoms with Gasteiger partial charge in [0.2, 0.25) is 5.91 Å². The molecule has 6 nitrogen and oxygen atoms in total. The van der Waals surface area contributed by atoms with E-state index in [-0.39, 0.29) is 23.3 Å². The van der Waals surface area contributed by atoms with E-state index in [2.05, 4.69) is 15.3 Å². The summed E-state index contributed by atoms with van der Waals surface area (Å²) in [7, 11) is 0. The number of benzene rings is 2. The maximum atomic E-state index is 12.5. The molecule has 3 aromatic rings. The molecule has 0 aliphatic carbocycles. The molecule has 1 heterocycles. The molecule has 0 saturated carbocycles. The number of thioether (sulfide) groups is 1.